The normalized spacial score (nSPS) is 12.4. The fourth-order valence-electron chi connectivity index (χ4n) is 1.27. The minimum Gasteiger partial charge on any atom is -0.357 e. The molecule has 0 spiro atoms. The molecule has 1 atom stereocenters. The van der Waals surface area contributed by atoms with E-state index in [1.807, 2.05) is 6.20 Å². The van der Waals surface area contributed by atoms with Crippen molar-refractivity contribution in [2.75, 3.05) is 12.4 Å². The number of nitrogens with zero attached hydrogens (tertiary/aromatic N) is 5. The van der Waals surface area contributed by atoms with E-state index in [2.05, 4.69) is 39.1 Å². The molecule has 0 amide bonds. The van der Waals surface area contributed by atoms with Gasteiger partial charge in [-0.3, -0.25) is 4.57 Å². The van der Waals surface area contributed by atoms with Crippen LogP contribution in [0, 0.1) is 0 Å². The number of rotatable bonds is 5. The Morgan fingerprint density at radius 2 is 2.22 bits per heavy atom. The molecule has 0 saturated heterocycles. The largest absolute Gasteiger partial charge is 0.357 e. The van der Waals surface area contributed by atoms with E-state index in [4.69, 9.17) is 0 Å². The monoisotopic (exact) mass is 264 g/mol. The summed E-state index contributed by atoms with van der Waals surface area (Å²) in [6.45, 7) is 4.30. The summed E-state index contributed by atoms with van der Waals surface area (Å²) < 4.78 is 1.77. The van der Waals surface area contributed by atoms with E-state index in [0.29, 0.717) is 17.1 Å². The molecule has 0 aliphatic heterocycles. The second-order valence-corrected chi connectivity index (χ2v) is 5.20. The Kier molecular flexibility index (Phi) is 4.14. The fourth-order valence-corrected chi connectivity index (χ4v) is 2.07. The van der Waals surface area contributed by atoms with Crippen molar-refractivity contribution in [2.45, 2.75) is 30.7 Å². The van der Waals surface area contributed by atoms with Crippen molar-refractivity contribution in [2.24, 2.45) is 0 Å². The highest BCUT2D eigenvalue weighted by Crippen LogP contribution is 2.22. The minimum absolute atomic E-state index is 0.479. The Balaban J connectivity index is 2.33. The zero-order valence-corrected chi connectivity index (χ0v) is 11.5. The molecular formula is C11H16N6S. The van der Waals surface area contributed by atoms with Crippen LogP contribution in [0.15, 0.2) is 23.9 Å². The standard InChI is InChI=1S/C11H16N6S/c1-4-8(2)18-11-15-9(12-3)14-10(16-11)17-6-5-13-7-17/h5-8H,4H2,1-3H3,(H,12,14,15,16). The number of imidazole rings is 1. The molecule has 2 aromatic rings. The first-order valence-electron chi connectivity index (χ1n) is 5.81. The summed E-state index contributed by atoms with van der Waals surface area (Å²) >= 11 is 1.65. The Labute approximate surface area is 110 Å². The number of hydrogen-bond acceptors (Lipinski definition) is 6. The molecule has 2 aromatic heterocycles. The highest BCUT2D eigenvalue weighted by atomic mass is 32.2. The minimum atomic E-state index is 0.479. The molecule has 0 radical (unpaired) electrons. The van der Waals surface area contributed by atoms with Gasteiger partial charge in [-0.15, -0.1) is 0 Å². The van der Waals surface area contributed by atoms with Gasteiger partial charge in [-0.1, -0.05) is 25.6 Å². The van der Waals surface area contributed by atoms with Crippen LogP contribution in [-0.2, 0) is 0 Å². The number of aromatic nitrogens is 5. The first-order valence-corrected chi connectivity index (χ1v) is 6.69. The van der Waals surface area contributed by atoms with Gasteiger partial charge in [0.05, 0.1) is 0 Å². The lowest BCUT2D eigenvalue weighted by molar-refractivity contribution is 0.818. The smallest absolute Gasteiger partial charge is 0.240 e. The van der Waals surface area contributed by atoms with Gasteiger partial charge in [-0.2, -0.15) is 15.0 Å². The number of anilines is 1. The van der Waals surface area contributed by atoms with Crippen molar-refractivity contribution < 1.29 is 0 Å². The van der Waals surface area contributed by atoms with Crippen LogP contribution >= 0.6 is 11.8 Å². The third-order valence-corrected chi connectivity index (χ3v) is 3.57. The Hall–Kier alpha value is -1.63. The van der Waals surface area contributed by atoms with Crippen LogP contribution in [0.5, 0.6) is 0 Å². The summed E-state index contributed by atoms with van der Waals surface area (Å²) in [7, 11) is 1.80. The summed E-state index contributed by atoms with van der Waals surface area (Å²) in [4.78, 5) is 17.1. The molecule has 2 rings (SSSR count). The second-order valence-electron chi connectivity index (χ2n) is 3.80. The highest BCUT2D eigenvalue weighted by molar-refractivity contribution is 7.99. The van der Waals surface area contributed by atoms with Gasteiger partial charge < -0.3 is 5.32 Å². The van der Waals surface area contributed by atoms with E-state index in [-0.39, 0.29) is 0 Å². The lowest BCUT2D eigenvalue weighted by Crippen LogP contribution is -2.07. The predicted molar refractivity (Wildman–Crippen MR) is 72.1 cm³/mol. The molecule has 0 saturated carbocycles. The molecule has 0 fully saturated rings. The average molecular weight is 264 g/mol. The van der Waals surface area contributed by atoms with Crippen LogP contribution in [0.25, 0.3) is 5.95 Å². The number of thioether (sulfide) groups is 1. The third kappa shape index (κ3) is 2.98. The molecule has 7 heteroatoms. The lowest BCUT2D eigenvalue weighted by Gasteiger charge is -2.09. The third-order valence-electron chi connectivity index (χ3n) is 2.44. The molecule has 1 unspecified atom stereocenters. The van der Waals surface area contributed by atoms with Gasteiger partial charge in [0.1, 0.15) is 6.33 Å². The molecule has 18 heavy (non-hydrogen) atoms. The van der Waals surface area contributed by atoms with Crippen LogP contribution in [-0.4, -0.2) is 36.8 Å². The Morgan fingerprint density at radius 1 is 1.39 bits per heavy atom. The topological polar surface area (TPSA) is 68.5 Å². The first kappa shape index (κ1) is 12.8. The van der Waals surface area contributed by atoms with E-state index >= 15 is 0 Å². The number of hydrogen-bond donors (Lipinski definition) is 1. The summed E-state index contributed by atoms with van der Waals surface area (Å²) in [5, 5.41) is 4.16. The van der Waals surface area contributed by atoms with Gasteiger partial charge in [0.15, 0.2) is 5.16 Å². The van der Waals surface area contributed by atoms with Gasteiger partial charge in [0.2, 0.25) is 11.9 Å². The molecule has 0 aliphatic carbocycles. The Bertz CT molecular complexity index is 498. The maximum absolute atomic E-state index is 4.44. The SMILES string of the molecule is CCC(C)Sc1nc(NC)nc(-n2ccnc2)n1. The van der Waals surface area contributed by atoms with Crippen molar-refractivity contribution in [3.63, 3.8) is 0 Å². The van der Waals surface area contributed by atoms with Crippen molar-refractivity contribution in [1.29, 1.82) is 0 Å². The van der Waals surface area contributed by atoms with E-state index in [0.717, 1.165) is 11.6 Å². The molecule has 0 aromatic carbocycles. The zero-order chi connectivity index (χ0) is 13.0. The van der Waals surface area contributed by atoms with E-state index in [1.165, 1.54) is 0 Å². The van der Waals surface area contributed by atoms with Crippen LogP contribution in [0.3, 0.4) is 0 Å². The van der Waals surface area contributed by atoms with Gasteiger partial charge in [0.25, 0.3) is 0 Å². The molecule has 1 N–H and O–H groups in total. The quantitative estimate of drug-likeness (QED) is 0.833. The maximum atomic E-state index is 4.44. The zero-order valence-electron chi connectivity index (χ0n) is 10.7. The van der Waals surface area contributed by atoms with Crippen molar-refractivity contribution in [1.82, 2.24) is 24.5 Å². The van der Waals surface area contributed by atoms with E-state index in [9.17, 15) is 0 Å². The maximum Gasteiger partial charge on any atom is 0.240 e. The summed E-state index contributed by atoms with van der Waals surface area (Å²) in [6.07, 6.45) is 6.26. The van der Waals surface area contributed by atoms with Gasteiger partial charge >= 0.3 is 0 Å². The van der Waals surface area contributed by atoms with Crippen molar-refractivity contribution >= 4 is 17.7 Å². The Morgan fingerprint density at radius 3 is 2.83 bits per heavy atom. The molecule has 6 nitrogen and oxygen atoms in total. The second kappa shape index (κ2) is 5.81. The van der Waals surface area contributed by atoms with Crippen molar-refractivity contribution in [3.8, 4) is 5.95 Å². The number of nitrogens with one attached hydrogen (secondary N) is 1. The molecular weight excluding hydrogens is 248 g/mol. The lowest BCUT2D eigenvalue weighted by atomic mass is 10.4. The van der Waals surface area contributed by atoms with Gasteiger partial charge in [-0.05, 0) is 6.42 Å². The summed E-state index contributed by atoms with van der Waals surface area (Å²) in [5.41, 5.74) is 0. The molecule has 0 aliphatic rings. The summed E-state index contributed by atoms with van der Waals surface area (Å²) in [5.74, 6) is 1.15. The predicted octanol–water partition coefficient (Wildman–Crippen LogP) is 1.99. The molecule has 0 bridgehead atoms. The highest BCUT2D eigenvalue weighted by Gasteiger charge is 2.10. The molecule has 2 heterocycles. The summed E-state index contributed by atoms with van der Waals surface area (Å²) in [6, 6.07) is 0. The van der Waals surface area contributed by atoms with Crippen LogP contribution in [0.4, 0.5) is 5.95 Å². The van der Waals surface area contributed by atoms with E-state index < -0.39 is 0 Å². The van der Waals surface area contributed by atoms with Crippen molar-refractivity contribution in [3.05, 3.63) is 18.7 Å². The average Bonchev–Trinajstić information content (AvgIpc) is 2.92. The fraction of sp³-hybridized carbons (Fsp3) is 0.455. The van der Waals surface area contributed by atoms with Gasteiger partial charge in [-0.25, -0.2) is 4.98 Å². The van der Waals surface area contributed by atoms with Gasteiger partial charge in [0, 0.05) is 24.7 Å². The van der Waals surface area contributed by atoms with E-state index in [1.54, 1.807) is 35.9 Å². The molecule has 96 valence electrons. The van der Waals surface area contributed by atoms with Crippen LogP contribution < -0.4 is 5.32 Å². The van der Waals surface area contributed by atoms with Crippen LogP contribution in [0.2, 0.25) is 0 Å². The van der Waals surface area contributed by atoms with Crippen LogP contribution in [0.1, 0.15) is 20.3 Å². The first-order chi connectivity index (χ1) is 8.72.